The molecule has 0 aromatic carbocycles. The van der Waals surface area contributed by atoms with Gasteiger partial charge in [0, 0.05) is 6.42 Å². The number of hydrogen-bond acceptors (Lipinski definition) is 0. The molecule has 1 radical (unpaired) electrons. The highest BCUT2D eigenvalue weighted by atomic mass is 14.2. The predicted octanol–water partition coefficient (Wildman–Crippen LogP) is 3.68. The molecule has 0 saturated heterocycles. The normalized spacial score (nSPS) is 11.7. The first-order valence-electron chi connectivity index (χ1n) is 4.74. The number of rotatable bonds is 5. The summed E-state index contributed by atoms with van der Waals surface area (Å²) < 4.78 is 0. The molecule has 69 valence electrons. The van der Waals surface area contributed by atoms with Gasteiger partial charge in [0.05, 0.1) is 0 Å². The fraction of sp³-hybridized carbons (Fsp3) is 0.750. The first-order chi connectivity index (χ1) is 5.48. The minimum Gasteiger partial charge on any atom is -0.120 e. The van der Waals surface area contributed by atoms with Crippen molar-refractivity contribution in [1.82, 2.24) is 0 Å². The molecule has 0 aliphatic rings. The van der Waals surface area contributed by atoms with Gasteiger partial charge in [0.25, 0.3) is 0 Å². The maximum atomic E-state index is 5.28. The first kappa shape index (κ1) is 11.6. The van der Waals surface area contributed by atoms with Crippen molar-refractivity contribution < 1.29 is 0 Å². The second-order valence-corrected chi connectivity index (χ2v) is 4.54. The van der Waals surface area contributed by atoms with E-state index in [0.717, 1.165) is 6.42 Å². The van der Waals surface area contributed by atoms with E-state index in [4.69, 9.17) is 6.42 Å². The lowest BCUT2D eigenvalue weighted by Gasteiger charge is -2.21. The van der Waals surface area contributed by atoms with Gasteiger partial charge in [0.15, 0.2) is 0 Å². The van der Waals surface area contributed by atoms with Gasteiger partial charge >= 0.3 is 0 Å². The van der Waals surface area contributed by atoms with Crippen LogP contribution in [0.3, 0.4) is 0 Å². The summed E-state index contributed by atoms with van der Waals surface area (Å²) in [5.74, 6) is 3.31. The monoisotopic (exact) mass is 165 g/mol. The minimum absolute atomic E-state index is 0.323. The molecule has 0 fully saturated rings. The van der Waals surface area contributed by atoms with Crippen molar-refractivity contribution in [3.63, 3.8) is 0 Å². The van der Waals surface area contributed by atoms with Crippen molar-refractivity contribution >= 4 is 0 Å². The van der Waals surface area contributed by atoms with Gasteiger partial charge in [0.2, 0.25) is 0 Å². The molecule has 0 N–H and O–H groups in total. The Labute approximate surface area is 77.8 Å². The molecule has 0 aromatic rings. The summed E-state index contributed by atoms with van der Waals surface area (Å²) in [6, 6.07) is 0. The molecule has 1 unspecified atom stereocenters. The van der Waals surface area contributed by atoms with Gasteiger partial charge in [-0.05, 0) is 17.8 Å². The van der Waals surface area contributed by atoms with Crippen molar-refractivity contribution in [1.29, 1.82) is 0 Å². The second kappa shape index (κ2) is 5.25. The lowest BCUT2D eigenvalue weighted by molar-refractivity contribution is 0.324. The van der Waals surface area contributed by atoms with Gasteiger partial charge in [-0.1, -0.05) is 40.5 Å². The van der Waals surface area contributed by atoms with Crippen molar-refractivity contribution in [2.75, 3.05) is 0 Å². The topological polar surface area (TPSA) is 0 Å². The van der Waals surface area contributed by atoms with Crippen LogP contribution in [0.2, 0.25) is 0 Å². The summed E-state index contributed by atoms with van der Waals surface area (Å²) in [7, 11) is 0. The fourth-order valence-corrected chi connectivity index (χ4v) is 1.29. The zero-order valence-electron chi connectivity index (χ0n) is 8.69. The average molecular weight is 165 g/mol. The largest absolute Gasteiger partial charge is 0.120 e. The summed E-state index contributed by atoms with van der Waals surface area (Å²) in [6.45, 7) is 10.6. The Hall–Kier alpha value is -0.440. The lowest BCUT2D eigenvalue weighted by atomic mass is 9.83. The van der Waals surface area contributed by atoms with Gasteiger partial charge in [-0.15, -0.1) is 12.3 Å². The molecule has 0 amide bonds. The quantitative estimate of drug-likeness (QED) is 0.545. The Kier molecular flexibility index (Phi) is 5.06. The van der Waals surface area contributed by atoms with E-state index in [1.807, 2.05) is 0 Å². The highest BCUT2D eigenvalue weighted by Crippen LogP contribution is 2.27. The molecule has 0 saturated carbocycles. The van der Waals surface area contributed by atoms with Crippen LogP contribution in [-0.2, 0) is 0 Å². The maximum Gasteiger partial charge on any atom is 0.0137 e. The van der Waals surface area contributed by atoms with E-state index in [-0.39, 0.29) is 0 Å². The van der Waals surface area contributed by atoms with Crippen LogP contribution in [0.4, 0.5) is 0 Å². The van der Waals surface area contributed by atoms with Gasteiger partial charge < -0.3 is 0 Å². The fourth-order valence-electron chi connectivity index (χ4n) is 1.29. The summed E-state index contributed by atoms with van der Waals surface area (Å²) in [5, 5.41) is 0. The second-order valence-electron chi connectivity index (χ2n) is 4.54. The van der Waals surface area contributed by atoms with Crippen molar-refractivity contribution in [3.8, 4) is 12.3 Å². The van der Waals surface area contributed by atoms with Crippen LogP contribution >= 0.6 is 0 Å². The average Bonchev–Trinajstić information content (AvgIpc) is 1.85. The molecule has 0 nitrogen and oxygen atoms in total. The molecule has 0 rings (SSSR count). The molecule has 1 atom stereocenters. The van der Waals surface area contributed by atoms with Crippen LogP contribution in [0.25, 0.3) is 0 Å². The van der Waals surface area contributed by atoms with Crippen LogP contribution in [0.15, 0.2) is 0 Å². The molecule has 12 heavy (non-hydrogen) atoms. The summed E-state index contributed by atoms with van der Waals surface area (Å²) in [4.78, 5) is 0. The predicted molar refractivity (Wildman–Crippen MR) is 55.6 cm³/mol. The number of hydrogen-bond donors (Lipinski definition) is 0. The molecule has 0 heteroatoms. The molecule has 0 aromatic heterocycles. The van der Waals surface area contributed by atoms with E-state index >= 15 is 0 Å². The smallest absolute Gasteiger partial charge is 0.0137 e. The Morgan fingerprint density at radius 2 is 2.08 bits per heavy atom. The van der Waals surface area contributed by atoms with Gasteiger partial charge in [-0.25, -0.2) is 0 Å². The molecular weight excluding hydrogens is 144 g/mol. The van der Waals surface area contributed by atoms with Gasteiger partial charge in [0.1, 0.15) is 0 Å². The third kappa shape index (κ3) is 6.28. The molecule has 0 aliphatic carbocycles. The van der Waals surface area contributed by atoms with E-state index in [0.29, 0.717) is 11.3 Å². The molecule has 0 bridgehead atoms. The lowest BCUT2D eigenvalue weighted by Crippen LogP contribution is -2.10. The minimum atomic E-state index is 0.323. The maximum absolute atomic E-state index is 5.28. The Balaban J connectivity index is 3.55. The molecular formula is C12H21. The Bertz CT molecular complexity index is 146. The van der Waals surface area contributed by atoms with Crippen molar-refractivity contribution in [2.45, 2.75) is 46.5 Å². The highest BCUT2D eigenvalue weighted by molar-refractivity contribution is 4.90. The third-order valence-electron chi connectivity index (χ3n) is 2.13. The Morgan fingerprint density at radius 3 is 2.50 bits per heavy atom. The van der Waals surface area contributed by atoms with Crippen LogP contribution in [0.1, 0.15) is 46.5 Å². The van der Waals surface area contributed by atoms with E-state index < -0.39 is 0 Å². The van der Waals surface area contributed by atoms with E-state index in [9.17, 15) is 0 Å². The zero-order valence-corrected chi connectivity index (χ0v) is 8.69. The van der Waals surface area contributed by atoms with Crippen LogP contribution in [-0.4, -0.2) is 0 Å². The molecule has 0 heterocycles. The SMILES string of the molecule is C#CCC(C)(C)CCCC([CH2])C. The van der Waals surface area contributed by atoms with Crippen LogP contribution in [0, 0.1) is 30.6 Å². The summed E-state index contributed by atoms with van der Waals surface area (Å²) >= 11 is 0. The number of terminal acetylenes is 1. The van der Waals surface area contributed by atoms with Crippen LogP contribution < -0.4 is 0 Å². The summed E-state index contributed by atoms with van der Waals surface area (Å²) in [5.41, 5.74) is 0.323. The Morgan fingerprint density at radius 1 is 1.50 bits per heavy atom. The van der Waals surface area contributed by atoms with Gasteiger partial charge in [-0.2, -0.15) is 0 Å². The highest BCUT2D eigenvalue weighted by Gasteiger charge is 2.15. The molecule has 0 aliphatic heterocycles. The zero-order chi connectivity index (χ0) is 9.61. The van der Waals surface area contributed by atoms with Crippen molar-refractivity contribution in [3.05, 3.63) is 6.92 Å². The van der Waals surface area contributed by atoms with E-state index in [2.05, 4.69) is 33.6 Å². The molecule has 0 spiro atoms. The standard InChI is InChI=1S/C12H21/c1-6-9-12(4,5)10-7-8-11(2)3/h1,11H,2,7-10H2,3-5H3. The summed E-state index contributed by atoms with van der Waals surface area (Å²) in [6.07, 6.45) is 9.86. The van der Waals surface area contributed by atoms with E-state index in [1.165, 1.54) is 19.3 Å². The van der Waals surface area contributed by atoms with Crippen molar-refractivity contribution in [2.24, 2.45) is 11.3 Å². The van der Waals surface area contributed by atoms with Gasteiger partial charge in [-0.3, -0.25) is 0 Å². The van der Waals surface area contributed by atoms with E-state index in [1.54, 1.807) is 0 Å². The third-order valence-corrected chi connectivity index (χ3v) is 2.13. The van der Waals surface area contributed by atoms with Crippen LogP contribution in [0.5, 0.6) is 0 Å². The first-order valence-corrected chi connectivity index (χ1v) is 4.74.